The predicted molar refractivity (Wildman–Crippen MR) is 85.8 cm³/mol. The van der Waals surface area contributed by atoms with Crippen LogP contribution in [-0.4, -0.2) is 42.1 Å². The molecular formula is C18H22N2O2. The second-order valence-corrected chi connectivity index (χ2v) is 6.47. The second kappa shape index (κ2) is 5.76. The summed E-state index contributed by atoms with van der Waals surface area (Å²) in [6.07, 6.45) is 2.99. The van der Waals surface area contributed by atoms with Crippen LogP contribution < -0.4 is 0 Å². The summed E-state index contributed by atoms with van der Waals surface area (Å²) in [6, 6.07) is 10.7. The van der Waals surface area contributed by atoms with Crippen LogP contribution >= 0.6 is 0 Å². The van der Waals surface area contributed by atoms with Crippen LogP contribution in [0.3, 0.4) is 0 Å². The third-order valence-electron chi connectivity index (χ3n) is 5.08. The highest BCUT2D eigenvalue weighted by Gasteiger charge is 2.31. The number of hydrogen-bond acceptors (Lipinski definition) is 2. The quantitative estimate of drug-likeness (QED) is 0.926. The van der Waals surface area contributed by atoms with Crippen molar-refractivity contribution in [3.05, 3.63) is 36.0 Å². The van der Waals surface area contributed by atoms with E-state index in [2.05, 4.69) is 35.3 Å². The van der Waals surface area contributed by atoms with Gasteiger partial charge >= 0.3 is 0 Å². The third kappa shape index (κ3) is 2.52. The van der Waals surface area contributed by atoms with Crippen LogP contribution in [0.15, 0.2) is 30.3 Å². The SMILES string of the molecule is O=C([C@H]1CCOC1)N1CCC(c2cc3ccccc3[nH]2)CC1. The maximum Gasteiger partial charge on any atom is 0.228 e. The number of nitrogens with one attached hydrogen (secondary N) is 1. The van der Waals surface area contributed by atoms with Gasteiger partial charge in [-0.1, -0.05) is 18.2 Å². The van der Waals surface area contributed by atoms with Crippen molar-refractivity contribution in [1.82, 2.24) is 9.88 Å². The van der Waals surface area contributed by atoms with Crippen molar-refractivity contribution >= 4 is 16.8 Å². The van der Waals surface area contributed by atoms with Gasteiger partial charge in [0.2, 0.25) is 5.91 Å². The molecule has 2 aliphatic rings. The van der Waals surface area contributed by atoms with E-state index in [0.717, 1.165) is 39.0 Å². The number of benzene rings is 1. The zero-order valence-corrected chi connectivity index (χ0v) is 12.8. The lowest BCUT2D eigenvalue weighted by Gasteiger charge is -2.33. The first-order valence-electron chi connectivity index (χ1n) is 8.25. The highest BCUT2D eigenvalue weighted by Crippen LogP contribution is 2.30. The Morgan fingerprint density at radius 1 is 1.18 bits per heavy atom. The number of rotatable bonds is 2. The van der Waals surface area contributed by atoms with Crippen LogP contribution in [0.2, 0.25) is 0 Å². The van der Waals surface area contributed by atoms with Crippen molar-refractivity contribution in [2.24, 2.45) is 5.92 Å². The third-order valence-corrected chi connectivity index (χ3v) is 5.08. The Balaban J connectivity index is 1.41. The molecule has 0 aliphatic carbocycles. The van der Waals surface area contributed by atoms with Crippen LogP contribution in [0.4, 0.5) is 0 Å². The molecule has 1 aromatic carbocycles. The smallest absolute Gasteiger partial charge is 0.228 e. The topological polar surface area (TPSA) is 45.3 Å². The van der Waals surface area contributed by atoms with E-state index in [1.807, 2.05) is 4.90 Å². The zero-order valence-electron chi connectivity index (χ0n) is 12.8. The molecule has 1 atom stereocenters. The van der Waals surface area contributed by atoms with Gasteiger partial charge in [-0.05, 0) is 36.8 Å². The lowest BCUT2D eigenvalue weighted by molar-refractivity contribution is -0.136. The fraction of sp³-hybridized carbons (Fsp3) is 0.500. The van der Waals surface area contributed by atoms with Gasteiger partial charge in [-0.2, -0.15) is 0 Å². The van der Waals surface area contributed by atoms with Crippen molar-refractivity contribution in [2.75, 3.05) is 26.3 Å². The number of hydrogen-bond donors (Lipinski definition) is 1. The Bertz CT molecular complexity index is 632. The number of likely N-dealkylation sites (tertiary alicyclic amines) is 1. The van der Waals surface area contributed by atoms with E-state index in [-0.39, 0.29) is 5.92 Å². The first-order valence-corrected chi connectivity index (χ1v) is 8.25. The molecule has 1 aromatic heterocycles. The summed E-state index contributed by atoms with van der Waals surface area (Å²) in [7, 11) is 0. The molecule has 3 heterocycles. The molecule has 0 unspecified atom stereocenters. The minimum absolute atomic E-state index is 0.102. The van der Waals surface area contributed by atoms with Crippen molar-refractivity contribution in [1.29, 1.82) is 0 Å². The normalized spacial score (nSPS) is 23.3. The monoisotopic (exact) mass is 298 g/mol. The molecule has 2 aliphatic heterocycles. The summed E-state index contributed by atoms with van der Waals surface area (Å²) in [5, 5.41) is 1.28. The molecule has 2 aromatic rings. The number of aromatic amines is 1. The van der Waals surface area contributed by atoms with Gasteiger partial charge in [0.15, 0.2) is 0 Å². The maximum atomic E-state index is 12.4. The molecule has 4 rings (SSSR count). The molecule has 1 amide bonds. The Morgan fingerprint density at radius 2 is 2.00 bits per heavy atom. The summed E-state index contributed by atoms with van der Waals surface area (Å²) >= 11 is 0. The van der Waals surface area contributed by atoms with E-state index in [1.165, 1.54) is 16.6 Å². The molecule has 0 spiro atoms. The van der Waals surface area contributed by atoms with E-state index in [9.17, 15) is 4.79 Å². The molecule has 0 radical (unpaired) electrons. The Labute approximate surface area is 130 Å². The number of carbonyl (C=O) groups excluding carboxylic acids is 1. The van der Waals surface area contributed by atoms with Gasteiger partial charge in [-0.25, -0.2) is 0 Å². The minimum Gasteiger partial charge on any atom is -0.381 e. The molecule has 4 nitrogen and oxygen atoms in total. The Morgan fingerprint density at radius 3 is 2.73 bits per heavy atom. The average molecular weight is 298 g/mol. The molecule has 2 saturated heterocycles. The first-order chi connectivity index (χ1) is 10.8. The zero-order chi connectivity index (χ0) is 14.9. The second-order valence-electron chi connectivity index (χ2n) is 6.47. The van der Waals surface area contributed by atoms with Gasteiger partial charge < -0.3 is 14.6 Å². The minimum atomic E-state index is 0.102. The summed E-state index contributed by atoms with van der Waals surface area (Å²) < 4.78 is 5.34. The van der Waals surface area contributed by atoms with Crippen molar-refractivity contribution in [2.45, 2.75) is 25.2 Å². The molecule has 22 heavy (non-hydrogen) atoms. The number of piperidine rings is 1. The number of amides is 1. The van der Waals surface area contributed by atoms with Crippen LogP contribution in [0, 0.1) is 5.92 Å². The molecule has 2 fully saturated rings. The number of nitrogens with zero attached hydrogens (tertiary/aromatic N) is 1. The lowest BCUT2D eigenvalue weighted by Crippen LogP contribution is -2.41. The predicted octanol–water partition coefficient (Wildman–Crippen LogP) is 2.91. The Kier molecular flexibility index (Phi) is 3.62. The van der Waals surface area contributed by atoms with Crippen molar-refractivity contribution < 1.29 is 9.53 Å². The lowest BCUT2D eigenvalue weighted by atomic mass is 9.92. The fourth-order valence-corrected chi connectivity index (χ4v) is 3.71. The van der Waals surface area contributed by atoms with Gasteiger partial charge in [0, 0.05) is 36.8 Å². The summed E-state index contributed by atoms with van der Waals surface area (Å²) in [4.78, 5) is 18.0. The summed E-state index contributed by atoms with van der Waals surface area (Å²) in [6.45, 7) is 3.09. The van der Waals surface area contributed by atoms with Crippen molar-refractivity contribution in [3.8, 4) is 0 Å². The molecule has 0 bridgehead atoms. The van der Waals surface area contributed by atoms with E-state index < -0.39 is 0 Å². The van der Waals surface area contributed by atoms with E-state index in [4.69, 9.17) is 4.74 Å². The number of para-hydroxylation sites is 1. The van der Waals surface area contributed by atoms with Crippen LogP contribution in [0.25, 0.3) is 10.9 Å². The molecule has 0 saturated carbocycles. The summed E-state index contributed by atoms with van der Waals surface area (Å²) in [5.41, 5.74) is 2.52. The number of ether oxygens (including phenoxy) is 1. The van der Waals surface area contributed by atoms with Gasteiger partial charge in [0.05, 0.1) is 12.5 Å². The Hall–Kier alpha value is -1.81. The van der Waals surface area contributed by atoms with Gasteiger partial charge in [0.1, 0.15) is 0 Å². The van der Waals surface area contributed by atoms with Crippen molar-refractivity contribution in [3.63, 3.8) is 0 Å². The first kappa shape index (κ1) is 13.8. The van der Waals surface area contributed by atoms with Gasteiger partial charge in [0.25, 0.3) is 0 Å². The summed E-state index contributed by atoms with van der Waals surface area (Å²) in [5.74, 6) is 0.938. The number of fused-ring (bicyclic) bond motifs is 1. The molecule has 1 N–H and O–H groups in total. The maximum absolute atomic E-state index is 12.4. The molecular weight excluding hydrogens is 276 g/mol. The largest absolute Gasteiger partial charge is 0.381 e. The molecule has 4 heteroatoms. The van der Waals surface area contributed by atoms with E-state index >= 15 is 0 Å². The highest BCUT2D eigenvalue weighted by molar-refractivity contribution is 5.81. The number of H-pyrrole nitrogens is 1. The van der Waals surface area contributed by atoms with Crippen LogP contribution in [0.1, 0.15) is 30.9 Å². The number of carbonyl (C=O) groups is 1. The van der Waals surface area contributed by atoms with E-state index in [1.54, 1.807) is 0 Å². The van der Waals surface area contributed by atoms with Crippen LogP contribution in [0.5, 0.6) is 0 Å². The van der Waals surface area contributed by atoms with Gasteiger partial charge in [-0.15, -0.1) is 0 Å². The van der Waals surface area contributed by atoms with E-state index in [0.29, 0.717) is 18.4 Å². The average Bonchev–Trinajstić information content (AvgIpc) is 3.23. The van der Waals surface area contributed by atoms with Gasteiger partial charge in [-0.3, -0.25) is 4.79 Å². The number of aromatic nitrogens is 1. The standard InChI is InChI=1S/C18H22N2O2/c21-18(15-7-10-22-12-15)20-8-5-13(6-9-20)17-11-14-3-1-2-4-16(14)19-17/h1-4,11,13,15,19H,5-10,12H2/t15-/m0/s1. The highest BCUT2D eigenvalue weighted by atomic mass is 16.5. The molecule has 116 valence electrons. The fourth-order valence-electron chi connectivity index (χ4n) is 3.71. The van der Waals surface area contributed by atoms with Crippen LogP contribution in [-0.2, 0) is 9.53 Å².